The van der Waals surface area contributed by atoms with Gasteiger partial charge in [0.05, 0.1) is 11.2 Å². The molecule has 0 atom stereocenters. The summed E-state index contributed by atoms with van der Waals surface area (Å²) in [6, 6.07) is 9.43. The number of primary amides is 1. The van der Waals surface area contributed by atoms with Crippen molar-refractivity contribution in [2.75, 3.05) is 0 Å². The van der Waals surface area contributed by atoms with Crippen LogP contribution in [0.15, 0.2) is 30.3 Å². The van der Waals surface area contributed by atoms with E-state index in [0.717, 1.165) is 21.8 Å². The summed E-state index contributed by atoms with van der Waals surface area (Å²) in [6.07, 6.45) is 0.250. The number of carbonyl (C=O) groups is 2. The largest absolute Gasteiger partial charge is 0.477 e. The van der Waals surface area contributed by atoms with E-state index >= 15 is 0 Å². The lowest BCUT2D eigenvalue weighted by molar-refractivity contribution is -0.106. The average Bonchev–Trinajstić information content (AvgIpc) is 2.79. The standard InChI is InChI=1S/C13H10N2O2.CH3NO/c1-7-12-9(6-11(14-7)13(16)17)8-4-2-3-5-10(8)15-12;2-1-3/h2-6,15H,1H3,(H,16,17);1H,(H2,2,3). The molecule has 102 valence electrons. The molecule has 1 amide bonds. The molecule has 6 nitrogen and oxygen atoms in total. The highest BCUT2D eigenvalue weighted by Crippen LogP contribution is 2.27. The quantitative estimate of drug-likeness (QED) is 0.586. The van der Waals surface area contributed by atoms with Gasteiger partial charge < -0.3 is 15.8 Å². The van der Waals surface area contributed by atoms with Crippen LogP contribution in [0.5, 0.6) is 0 Å². The van der Waals surface area contributed by atoms with Crippen LogP contribution in [-0.2, 0) is 4.79 Å². The Hall–Kier alpha value is -2.89. The van der Waals surface area contributed by atoms with Gasteiger partial charge in [0.2, 0.25) is 6.41 Å². The number of rotatable bonds is 1. The summed E-state index contributed by atoms with van der Waals surface area (Å²) in [5.74, 6) is -1.000. The van der Waals surface area contributed by atoms with Crippen molar-refractivity contribution < 1.29 is 14.7 Å². The number of carbonyl (C=O) groups excluding carboxylic acids is 1. The molecule has 0 aliphatic carbocycles. The van der Waals surface area contributed by atoms with E-state index in [1.165, 1.54) is 0 Å². The average molecular weight is 271 g/mol. The molecule has 3 rings (SSSR count). The van der Waals surface area contributed by atoms with Crippen LogP contribution in [0.3, 0.4) is 0 Å². The highest BCUT2D eigenvalue weighted by atomic mass is 16.4. The summed E-state index contributed by atoms with van der Waals surface area (Å²) in [5.41, 5.74) is 6.85. The van der Waals surface area contributed by atoms with Gasteiger partial charge in [-0.15, -0.1) is 0 Å². The number of amides is 1. The number of para-hydroxylation sites is 1. The Morgan fingerprint density at radius 1 is 1.35 bits per heavy atom. The number of fused-ring (bicyclic) bond motifs is 3. The summed E-state index contributed by atoms with van der Waals surface area (Å²) < 4.78 is 0. The number of aromatic carboxylic acids is 1. The van der Waals surface area contributed by atoms with E-state index in [9.17, 15) is 4.79 Å². The maximum atomic E-state index is 11.0. The lowest BCUT2D eigenvalue weighted by atomic mass is 10.1. The number of H-pyrrole nitrogens is 1. The fourth-order valence-electron chi connectivity index (χ4n) is 2.11. The molecule has 1 aromatic carbocycles. The van der Waals surface area contributed by atoms with Crippen LogP contribution in [0.2, 0.25) is 0 Å². The van der Waals surface area contributed by atoms with Crippen LogP contribution in [-0.4, -0.2) is 27.5 Å². The SMILES string of the molecule is Cc1nc(C(=O)O)cc2c1[nH]c1ccccc12.NC=O. The molecule has 0 saturated carbocycles. The van der Waals surface area contributed by atoms with Crippen LogP contribution >= 0.6 is 0 Å². The Balaban J connectivity index is 0.000000452. The van der Waals surface area contributed by atoms with Gasteiger partial charge in [0.1, 0.15) is 5.69 Å². The van der Waals surface area contributed by atoms with Gasteiger partial charge in [0.15, 0.2) is 0 Å². The molecule has 0 spiro atoms. The van der Waals surface area contributed by atoms with Crippen LogP contribution in [0.25, 0.3) is 21.8 Å². The third-order valence-corrected chi connectivity index (χ3v) is 2.90. The highest BCUT2D eigenvalue weighted by molar-refractivity contribution is 6.09. The predicted octanol–water partition coefficient (Wildman–Crippen LogP) is 1.82. The summed E-state index contributed by atoms with van der Waals surface area (Å²) in [7, 11) is 0. The minimum Gasteiger partial charge on any atom is -0.477 e. The molecular formula is C14H13N3O3. The topological polar surface area (TPSA) is 109 Å². The Kier molecular flexibility index (Phi) is 3.65. The summed E-state index contributed by atoms with van der Waals surface area (Å²) in [4.78, 5) is 26.9. The van der Waals surface area contributed by atoms with Crippen molar-refractivity contribution in [3.05, 3.63) is 41.7 Å². The molecular weight excluding hydrogens is 258 g/mol. The van der Waals surface area contributed by atoms with E-state index < -0.39 is 5.97 Å². The molecule has 0 unspecified atom stereocenters. The van der Waals surface area contributed by atoms with Crippen molar-refractivity contribution in [1.29, 1.82) is 0 Å². The third-order valence-electron chi connectivity index (χ3n) is 2.90. The molecule has 4 N–H and O–H groups in total. The molecule has 6 heteroatoms. The fraction of sp³-hybridized carbons (Fsp3) is 0.0714. The second-order valence-electron chi connectivity index (χ2n) is 4.13. The predicted molar refractivity (Wildman–Crippen MR) is 75.5 cm³/mol. The number of carboxylic acids is 1. The monoisotopic (exact) mass is 271 g/mol. The molecule has 0 fully saturated rings. The number of benzene rings is 1. The lowest BCUT2D eigenvalue weighted by Crippen LogP contribution is -2.01. The Morgan fingerprint density at radius 3 is 2.65 bits per heavy atom. The molecule has 0 aliphatic rings. The van der Waals surface area contributed by atoms with Crippen molar-refractivity contribution in [1.82, 2.24) is 9.97 Å². The number of hydrogen-bond donors (Lipinski definition) is 3. The van der Waals surface area contributed by atoms with Crippen LogP contribution < -0.4 is 5.73 Å². The second-order valence-corrected chi connectivity index (χ2v) is 4.13. The third kappa shape index (κ3) is 2.31. The first kappa shape index (κ1) is 13.5. The lowest BCUT2D eigenvalue weighted by Gasteiger charge is -1.98. The van der Waals surface area contributed by atoms with Crippen molar-refractivity contribution in [2.24, 2.45) is 5.73 Å². The first-order valence-electron chi connectivity index (χ1n) is 5.85. The van der Waals surface area contributed by atoms with Gasteiger partial charge >= 0.3 is 5.97 Å². The second kappa shape index (κ2) is 5.40. The Bertz CT molecular complexity index is 793. The van der Waals surface area contributed by atoms with E-state index in [4.69, 9.17) is 9.90 Å². The normalized spacial score (nSPS) is 10.1. The Labute approximate surface area is 114 Å². The first-order chi connectivity index (χ1) is 9.58. The number of carboxylic acid groups (broad SMARTS) is 1. The van der Waals surface area contributed by atoms with E-state index in [1.54, 1.807) is 6.07 Å². The number of aryl methyl sites for hydroxylation is 1. The van der Waals surface area contributed by atoms with Gasteiger partial charge in [0, 0.05) is 16.3 Å². The van der Waals surface area contributed by atoms with Gasteiger partial charge in [-0.25, -0.2) is 9.78 Å². The molecule has 20 heavy (non-hydrogen) atoms. The first-order valence-corrected chi connectivity index (χ1v) is 5.85. The van der Waals surface area contributed by atoms with E-state index in [0.29, 0.717) is 5.69 Å². The van der Waals surface area contributed by atoms with Crippen molar-refractivity contribution >= 4 is 34.2 Å². The van der Waals surface area contributed by atoms with Crippen molar-refractivity contribution in [3.8, 4) is 0 Å². The van der Waals surface area contributed by atoms with Crippen molar-refractivity contribution in [2.45, 2.75) is 6.92 Å². The van der Waals surface area contributed by atoms with Gasteiger partial charge in [-0.1, -0.05) is 18.2 Å². The zero-order valence-corrected chi connectivity index (χ0v) is 10.8. The minimum atomic E-state index is -1.000. The van der Waals surface area contributed by atoms with E-state index in [1.807, 2.05) is 31.2 Å². The molecule has 0 bridgehead atoms. The van der Waals surface area contributed by atoms with Crippen LogP contribution in [0.1, 0.15) is 16.2 Å². The zero-order chi connectivity index (χ0) is 14.7. The number of hydrogen-bond acceptors (Lipinski definition) is 3. The van der Waals surface area contributed by atoms with Gasteiger partial charge in [-0.05, 0) is 19.1 Å². The molecule has 3 aromatic rings. The van der Waals surface area contributed by atoms with Crippen LogP contribution in [0, 0.1) is 6.92 Å². The van der Waals surface area contributed by atoms with Gasteiger partial charge in [-0.2, -0.15) is 0 Å². The summed E-state index contributed by atoms with van der Waals surface area (Å²) >= 11 is 0. The molecule has 2 aromatic heterocycles. The highest BCUT2D eigenvalue weighted by Gasteiger charge is 2.12. The van der Waals surface area contributed by atoms with Crippen LogP contribution in [0.4, 0.5) is 0 Å². The molecule has 0 saturated heterocycles. The van der Waals surface area contributed by atoms with E-state index in [2.05, 4.69) is 15.7 Å². The number of pyridine rings is 1. The van der Waals surface area contributed by atoms with Gasteiger partial charge in [-0.3, -0.25) is 4.79 Å². The number of aromatic nitrogens is 2. The smallest absolute Gasteiger partial charge is 0.354 e. The summed E-state index contributed by atoms with van der Waals surface area (Å²) in [5, 5.41) is 10.9. The minimum absolute atomic E-state index is 0.0831. The fourth-order valence-corrected chi connectivity index (χ4v) is 2.11. The number of nitrogens with one attached hydrogen (secondary N) is 1. The number of aromatic amines is 1. The van der Waals surface area contributed by atoms with Crippen molar-refractivity contribution in [3.63, 3.8) is 0 Å². The number of nitrogens with zero attached hydrogens (tertiary/aromatic N) is 1. The maximum Gasteiger partial charge on any atom is 0.354 e. The Morgan fingerprint density at radius 2 is 2.00 bits per heavy atom. The molecule has 2 heterocycles. The maximum absolute atomic E-state index is 11.0. The molecule has 0 radical (unpaired) electrons. The summed E-state index contributed by atoms with van der Waals surface area (Å²) in [6.45, 7) is 1.81. The zero-order valence-electron chi connectivity index (χ0n) is 10.8. The molecule has 0 aliphatic heterocycles. The van der Waals surface area contributed by atoms with Gasteiger partial charge in [0.25, 0.3) is 0 Å². The number of nitrogens with two attached hydrogens (primary N) is 1. The van der Waals surface area contributed by atoms with E-state index in [-0.39, 0.29) is 12.1 Å².